The maximum absolute atomic E-state index is 12.8. The van der Waals surface area contributed by atoms with Crippen LogP contribution in [0.5, 0.6) is 0 Å². The highest BCUT2D eigenvalue weighted by Crippen LogP contribution is 2.67. The number of hydrogen-bond donors (Lipinski definition) is 1. The molecule has 0 aromatic carbocycles. The topological polar surface area (TPSA) is 29.1 Å². The fourth-order valence-electron chi connectivity index (χ4n) is 11.0. The number of unbranched alkanes of at least 4 members (excludes halogenated alkanes) is 11. The molecule has 0 spiro atoms. The molecule has 4 saturated carbocycles. The summed E-state index contributed by atoms with van der Waals surface area (Å²) in [6, 6.07) is 0.435. The first-order valence-electron chi connectivity index (χ1n) is 19.4. The Balaban J connectivity index is 1.07. The van der Waals surface area contributed by atoms with Gasteiger partial charge in [-0.15, -0.1) is 0 Å². The lowest BCUT2D eigenvalue weighted by molar-refractivity contribution is -0.127. The summed E-state index contributed by atoms with van der Waals surface area (Å²) in [6.45, 7) is 10.1. The van der Waals surface area contributed by atoms with E-state index in [-0.39, 0.29) is 0 Å². The lowest BCUT2D eigenvalue weighted by atomic mass is 9.44. The van der Waals surface area contributed by atoms with E-state index in [0.717, 1.165) is 42.4 Å². The molecule has 42 heavy (non-hydrogen) atoms. The largest absolute Gasteiger partial charge is 0.353 e. The van der Waals surface area contributed by atoms with Gasteiger partial charge in [0.1, 0.15) is 0 Å². The zero-order valence-corrected chi connectivity index (χ0v) is 28.7. The maximum atomic E-state index is 12.8. The van der Waals surface area contributed by atoms with E-state index in [1.165, 1.54) is 148 Å². The van der Waals surface area contributed by atoms with Gasteiger partial charge in [0.2, 0.25) is 5.91 Å². The molecule has 2 heteroatoms. The molecular formula is C40H71NO. The molecule has 0 bridgehead atoms. The van der Waals surface area contributed by atoms with Gasteiger partial charge in [-0.05, 0) is 130 Å². The van der Waals surface area contributed by atoms with E-state index >= 15 is 0 Å². The Labute approximate surface area is 262 Å². The van der Waals surface area contributed by atoms with Crippen LogP contribution in [0.2, 0.25) is 0 Å². The Morgan fingerprint density at radius 2 is 1.33 bits per heavy atom. The van der Waals surface area contributed by atoms with Crippen molar-refractivity contribution in [3.63, 3.8) is 0 Å². The number of hydrogen-bond acceptors (Lipinski definition) is 1. The Morgan fingerprint density at radius 1 is 0.690 bits per heavy atom. The minimum atomic E-state index is 0.330. The van der Waals surface area contributed by atoms with Crippen molar-refractivity contribution in [3.8, 4) is 0 Å². The Bertz CT molecular complexity index is 818. The molecule has 0 aliphatic heterocycles. The van der Waals surface area contributed by atoms with Crippen LogP contribution in [0, 0.1) is 40.4 Å². The number of carbonyl (C=O) groups excluding carboxylic acids is 1. The van der Waals surface area contributed by atoms with Gasteiger partial charge in [0.05, 0.1) is 0 Å². The van der Waals surface area contributed by atoms with Gasteiger partial charge in [0, 0.05) is 12.5 Å². The zero-order valence-electron chi connectivity index (χ0n) is 28.7. The van der Waals surface area contributed by atoms with Crippen LogP contribution in [0.15, 0.2) is 12.2 Å². The van der Waals surface area contributed by atoms with Crippen molar-refractivity contribution in [2.24, 2.45) is 40.4 Å². The number of rotatable bonds is 18. The summed E-state index contributed by atoms with van der Waals surface area (Å²) in [5.41, 5.74) is 1.16. The van der Waals surface area contributed by atoms with Crippen LogP contribution in [0.1, 0.15) is 188 Å². The van der Waals surface area contributed by atoms with Crippen molar-refractivity contribution in [2.45, 2.75) is 194 Å². The van der Waals surface area contributed by atoms with Crippen molar-refractivity contribution >= 4 is 5.91 Å². The van der Waals surface area contributed by atoms with Crippen molar-refractivity contribution < 1.29 is 4.79 Å². The summed E-state index contributed by atoms with van der Waals surface area (Å²) >= 11 is 0. The Kier molecular flexibility index (Phi) is 13.8. The predicted octanol–water partition coefficient (Wildman–Crippen LogP) is 12.0. The molecule has 242 valence electrons. The molecule has 0 heterocycles. The summed E-state index contributed by atoms with van der Waals surface area (Å²) in [5.74, 6) is 5.08. The van der Waals surface area contributed by atoms with Gasteiger partial charge >= 0.3 is 0 Å². The van der Waals surface area contributed by atoms with E-state index in [9.17, 15) is 4.79 Å². The monoisotopic (exact) mass is 582 g/mol. The van der Waals surface area contributed by atoms with E-state index in [1.807, 2.05) is 0 Å². The number of fused-ring (bicyclic) bond motifs is 5. The molecular weight excluding hydrogens is 510 g/mol. The van der Waals surface area contributed by atoms with Crippen molar-refractivity contribution in [2.75, 3.05) is 0 Å². The third kappa shape index (κ3) is 8.68. The molecule has 8 atom stereocenters. The van der Waals surface area contributed by atoms with Gasteiger partial charge in [-0.25, -0.2) is 0 Å². The van der Waals surface area contributed by atoms with Crippen LogP contribution in [0.3, 0.4) is 0 Å². The van der Waals surface area contributed by atoms with Gasteiger partial charge in [-0.3, -0.25) is 4.79 Å². The Hall–Kier alpha value is -0.790. The van der Waals surface area contributed by atoms with E-state index in [2.05, 4.69) is 45.2 Å². The van der Waals surface area contributed by atoms with Crippen molar-refractivity contribution in [3.05, 3.63) is 12.2 Å². The minimum absolute atomic E-state index is 0.330. The summed E-state index contributed by atoms with van der Waals surface area (Å²) in [7, 11) is 0. The predicted molar refractivity (Wildman–Crippen MR) is 182 cm³/mol. The summed E-state index contributed by atoms with van der Waals surface area (Å²) in [6.07, 6.45) is 38.1. The summed E-state index contributed by atoms with van der Waals surface area (Å²) < 4.78 is 0. The first-order chi connectivity index (χ1) is 20.4. The summed E-state index contributed by atoms with van der Waals surface area (Å²) in [4.78, 5) is 12.8. The number of carbonyl (C=O) groups is 1. The maximum Gasteiger partial charge on any atom is 0.220 e. The first kappa shape index (κ1) is 34.1. The third-order valence-corrected chi connectivity index (χ3v) is 13.5. The van der Waals surface area contributed by atoms with Gasteiger partial charge in [-0.2, -0.15) is 0 Å². The number of allylic oxidation sites excluding steroid dienone is 2. The molecule has 4 fully saturated rings. The highest BCUT2D eigenvalue weighted by atomic mass is 16.1. The molecule has 0 aromatic rings. The van der Waals surface area contributed by atoms with Gasteiger partial charge in [0.25, 0.3) is 0 Å². The van der Waals surface area contributed by atoms with Crippen LogP contribution in [-0.4, -0.2) is 11.9 Å². The molecule has 8 unspecified atom stereocenters. The lowest BCUT2D eigenvalue weighted by Gasteiger charge is -2.61. The molecule has 0 aromatic heterocycles. The van der Waals surface area contributed by atoms with Gasteiger partial charge in [-0.1, -0.05) is 104 Å². The fraction of sp³-hybridized carbons (Fsp3) is 0.925. The molecule has 2 nitrogen and oxygen atoms in total. The van der Waals surface area contributed by atoms with E-state index < -0.39 is 0 Å². The highest BCUT2D eigenvalue weighted by molar-refractivity contribution is 5.76. The molecule has 0 radical (unpaired) electrons. The van der Waals surface area contributed by atoms with Crippen LogP contribution in [-0.2, 0) is 4.79 Å². The van der Waals surface area contributed by atoms with Gasteiger partial charge < -0.3 is 5.32 Å². The average Bonchev–Trinajstić information content (AvgIpc) is 3.31. The smallest absolute Gasteiger partial charge is 0.220 e. The summed E-state index contributed by atoms with van der Waals surface area (Å²) in [5, 5.41) is 3.51. The molecule has 1 amide bonds. The van der Waals surface area contributed by atoms with Crippen LogP contribution in [0.4, 0.5) is 0 Å². The third-order valence-electron chi connectivity index (χ3n) is 13.5. The van der Waals surface area contributed by atoms with E-state index in [1.54, 1.807) is 0 Å². The molecule has 4 aliphatic carbocycles. The van der Waals surface area contributed by atoms with Crippen LogP contribution < -0.4 is 5.32 Å². The normalized spacial score (nSPS) is 36.0. The van der Waals surface area contributed by atoms with Crippen LogP contribution in [0.25, 0.3) is 0 Å². The molecule has 4 rings (SSSR count). The zero-order chi connectivity index (χ0) is 29.8. The molecule has 0 saturated heterocycles. The second-order valence-corrected chi connectivity index (χ2v) is 16.1. The molecule has 1 N–H and O–H groups in total. The highest BCUT2D eigenvalue weighted by Gasteiger charge is 2.59. The Morgan fingerprint density at radius 3 is 2.05 bits per heavy atom. The second-order valence-electron chi connectivity index (χ2n) is 16.1. The van der Waals surface area contributed by atoms with Crippen molar-refractivity contribution in [1.29, 1.82) is 0 Å². The minimum Gasteiger partial charge on any atom is -0.353 e. The van der Waals surface area contributed by atoms with Crippen molar-refractivity contribution in [1.82, 2.24) is 5.32 Å². The quantitative estimate of drug-likeness (QED) is 0.127. The fourth-order valence-corrected chi connectivity index (χ4v) is 11.0. The van der Waals surface area contributed by atoms with Crippen LogP contribution >= 0.6 is 0 Å². The average molecular weight is 582 g/mol. The first-order valence-corrected chi connectivity index (χ1v) is 19.4. The van der Waals surface area contributed by atoms with E-state index in [0.29, 0.717) is 22.8 Å². The second kappa shape index (κ2) is 17.1. The van der Waals surface area contributed by atoms with E-state index in [4.69, 9.17) is 0 Å². The molecule has 4 aliphatic rings. The van der Waals surface area contributed by atoms with Gasteiger partial charge in [0.15, 0.2) is 0 Å². The number of amides is 1. The number of nitrogens with one attached hydrogen (secondary N) is 1. The SMILES string of the molecule is CCCCCCCC/C=C\CCCCCCCC(=O)NC1CCC2(C)C(CCC3C4CCC(CCC)C4(C)CCC32)C1. The standard InChI is InChI=1S/C40H71NO/c1-5-7-8-9-10-11-12-13-14-15-16-17-18-19-20-22-38(42)41-34-27-29-40(4)33(31-34)23-25-35-36-26-24-32(21-6-2)39(36,3)30-28-37(35)40/h13-14,32-37H,5-12,15-31H2,1-4H3,(H,41,42)/b14-13-. The lowest BCUT2D eigenvalue weighted by Crippen LogP contribution is -2.55.